The first-order chi connectivity index (χ1) is 10.3. The molecule has 0 aliphatic rings. The largest absolute Gasteiger partial charge is 0.326 e. The Hall–Kier alpha value is -1.84. The predicted octanol–water partition coefficient (Wildman–Crippen LogP) is 4.73. The summed E-state index contributed by atoms with van der Waals surface area (Å²) in [5.74, 6) is 0.586. The van der Waals surface area contributed by atoms with Crippen molar-refractivity contribution in [3.63, 3.8) is 0 Å². The van der Waals surface area contributed by atoms with Gasteiger partial charge in [0.1, 0.15) is 5.82 Å². The normalized spacial score (nSPS) is 11.0. The van der Waals surface area contributed by atoms with Crippen LogP contribution in [0.4, 0.5) is 4.39 Å². The molecule has 1 nitrogen and oxygen atoms in total. The van der Waals surface area contributed by atoms with Crippen LogP contribution in [0.1, 0.15) is 11.1 Å². The summed E-state index contributed by atoms with van der Waals surface area (Å²) in [7, 11) is 0. The van der Waals surface area contributed by atoms with Gasteiger partial charge in [-0.05, 0) is 34.5 Å². The molecule has 0 fully saturated rings. The van der Waals surface area contributed by atoms with Gasteiger partial charge in [-0.2, -0.15) is 0 Å². The lowest BCUT2D eigenvalue weighted by Crippen LogP contribution is -2.00. The smallest absolute Gasteiger partial charge is 0.127 e. The zero-order chi connectivity index (χ0) is 14.7. The first kappa shape index (κ1) is 14.1. The zero-order valence-corrected chi connectivity index (χ0v) is 12.4. The molecule has 21 heavy (non-hydrogen) atoms. The summed E-state index contributed by atoms with van der Waals surface area (Å²) in [6.45, 7) is 0.236. The highest BCUT2D eigenvalue weighted by molar-refractivity contribution is 7.98. The molecular formula is C18H16FNS. The van der Waals surface area contributed by atoms with Crippen LogP contribution in [0.15, 0.2) is 65.6 Å². The average molecular weight is 297 g/mol. The van der Waals surface area contributed by atoms with Crippen molar-refractivity contribution >= 4 is 22.5 Å². The van der Waals surface area contributed by atoms with E-state index in [1.807, 2.05) is 24.3 Å². The number of thioether (sulfide) groups is 1. The second-order valence-corrected chi connectivity index (χ2v) is 5.98. The van der Waals surface area contributed by atoms with Crippen molar-refractivity contribution in [1.29, 1.82) is 0 Å². The number of benzene rings is 3. The lowest BCUT2D eigenvalue weighted by Gasteiger charge is -2.06. The molecule has 0 heterocycles. The summed E-state index contributed by atoms with van der Waals surface area (Å²) >= 11 is 1.75. The highest BCUT2D eigenvalue weighted by Crippen LogP contribution is 2.27. The van der Waals surface area contributed by atoms with Crippen LogP contribution in [0.25, 0.3) is 10.8 Å². The molecule has 3 heteroatoms. The Balaban J connectivity index is 1.76. The number of hydrogen-bond donors (Lipinski definition) is 1. The number of halogens is 1. The molecule has 0 saturated carbocycles. The first-order valence-electron chi connectivity index (χ1n) is 6.85. The molecule has 0 aliphatic carbocycles. The molecule has 2 N–H and O–H groups in total. The summed E-state index contributed by atoms with van der Waals surface area (Å²) in [4.78, 5) is 1.22. The fourth-order valence-corrected chi connectivity index (χ4v) is 3.19. The molecule has 0 atom stereocenters. The van der Waals surface area contributed by atoms with Crippen LogP contribution in [-0.2, 0) is 12.3 Å². The fraction of sp³-hybridized carbons (Fsp3) is 0.111. The average Bonchev–Trinajstić information content (AvgIpc) is 2.54. The lowest BCUT2D eigenvalue weighted by molar-refractivity contribution is 0.610. The van der Waals surface area contributed by atoms with E-state index in [-0.39, 0.29) is 12.4 Å². The third kappa shape index (κ3) is 3.26. The molecule has 0 unspecified atom stereocenters. The molecule has 3 rings (SSSR count). The van der Waals surface area contributed by atoms with Gasteiger partial charge in [0.2, 0.25) is 0 Å². The summed E-state index contributed by atoms with van der Waals surface area (Å²) in [5, 5.41) is 2.48. The Labute approximate surface area is 128 Å². The van der Waals surface area contributed by atoms with E-state index >= 15 is 0 Å². The van der Waals surface area contributed by atoms with E-state index in [2.05, 4.69) is 30.3 Å². The Kier molecular flexibility index (Phi) is 4.23. The van der Waals surface area contributed by atoms with E-state index in [0.717, 1.165) is 11.3 Å². The highest BCUT2D eigenvalue weighted by Gasteiger charge is 2.03. The summed E-state index contributed by atoms with van der Waals surface area (Å²) in [5.41, 5.74) is 7.21. The number of hydrogen-bond acceptors (Lipinski definition) is 2. The molecule has 3 aromatic carbocycles. The molecule has 0 amide bonds. The monoisotopic (exact) mass is 297 g/mol. The topological polar surface area (TPSA) is 26.0 Å². The van der Waals surface area contributed by atoms with Gasteiger partial charge >= 0.3 is 0 Å². The molecule has 0 saturated heterocycles. The third-order valence-electron chi connectivity index (χ3n) is 3.46. The SMILES string of the molecule is NCc1cc(CSc2ccc3ccccc3c2)ccc1F. The van der Waals surface area contributed by atoms with E-state index in [4.69, 9.17) is 5.73 Å². The van der Waals surface area contributed by atoms with Gasteiger partial charge in [-0.3, -0.25) is 0 Å². The van der Waals surface area contributed by atoms with Crippen molar-refractivity contribution < 1.29 is 4.39 Å². The van der Waals surface area contributed by atoms with Crippen LogP contribution in [0.5, 0.6) is 0 Å². The van der Waals surface area contributed by atoms with Crippen molar-refractivity contribution in [3.05, 3.63) is 77.6 Å². The molecule has 0 radical (unpaired) electrons. The van der Waals surface area contributed by atoms with Gasteiger partial charge in [-0.1, -0.05) is 42.5 Å². The molecule has 0 aliphatic heterocycles. The van der Waals surface area contributed by atoms with Gasteiger partial charge in [0.25, 0.3) is 0 Å². The minimum atomic E-state index is -0.225. The second-order valence-electron chi connectivity index (χ2n) is 4.93. The number of rotatable bonds is 4. The molecule has 0 bridgehead atoms. The Morgan fingerprint density at radius 1 is 0.905 bits per heavy atom. The van der Waals surface area contributed by atoms with Crippen LogP contribution in [0, 0.1) is 5.82 Å². The Bertz CT molecular complexity index is 770. The van der Waals surface area contributed by atoms with Crippen LogP contribution in [-0.4, -0.2) is 0 Å². The molecule has 0 spiro atoms. The van der Waals surface area contributed by atoms with Gasteiger partial charge in [0.15, 0.2) is 0 Å². The van der Waals surface area contributed by atoms with Gasteiger partial charge in [0.05, 0.1) is 0 Å². The van der Waals surface area contributed by atoms with Gasteiger partial charge < -0.3 is 5.73 Å². The van der Waals surface area contributed by atoms with E-state index < -0.39 is 0 Å². The summed E-state index contributed by atoms with van der Waals surface area (Å²) in [6, 6.07) is 19.9. The minimum Gasteiger partial charge on any atom is -0.326 e. The van der Waals surface area contributed by atoms with E-state index in [1.54, 1.807) is 11.8 Å². The number of nitrogens with two attached hydrogens (primary N) is 1. The summed E-state index contributed by atoms with van der Waals surface area (Å²) < 4.78 is 13.4. The van der Waals surface area contributed by atoms with E-state index in [1.165, 1.54) is 21.7 Å². The van der Waals surface area contributed by atoms with Gasteiger partial charge in [0, 0.05) is 22.8 Å². The van der Waals surface area contributed by atoms with E-state index in [9.17, 15) is 4.39 Å². The maximum absolute atomic E-state index is 13.4. The third-order valence-corrected chi connectivity index (χ3v) is 4.52. The maximum atomic E-state index is 13.4. The fourth-order valence-electron chi connectivity index (χ4n) is 2.30. The van der Waals surface area contributed by atoms with Crippen LogP contribution >= 0.6 is 11.8 Å². The van der Waals surface area contributed by atoms with Crippen molar-refractivity contribution in [2.24, 2.45) is 5.73 Å². The van der Waals surface area contributed by atoms with Gasteiger partial charge in [-0.25, -0.2) is 4.39 Å². The van der Waals surface area contributed by atoms with Crippen LogP contribution in [0.2, 0.25) is 0 Å². The van der Waals surface area contributed by atoms with Crippen molar-refractivity contribution in [2.45, 2.75) is 17.2 Å². The lowest BCUT2D eigenvalue weighted by atomic mass is 10.1. The Morgan fingerprint density at radius 3 is 2.52 bits per heavy atom. The van der Waals surface area contributed by atoms with Crippen molar-refractivity contribution in [1.82, 2.24) is 0 Å². The number of fused-ring (bicyclic) bond motifs is 1. The van der Waals surface area contributed by atoms with E-state index in [0.29, 0.717) is 5.56 Å². The van der Waals surface area contributed by atoms with Crippen molar-refractivity contribution in [3.8, 4) is 0 Å². The molecule has 0 aromatic heterocycles. The van der Waals surface area contributed by atoms with Gasteiger partial charge in [-0.15, -0.1) is 11.8 Å². The summed E-state index contributed by atoms with van der Waals surface area (Å²) in [6.07, 6.45) is 0. The molecule has 106 valence electrons. The van der Waals surface area contributed by atoms with Crippen LogP contribution in [0.3, 0.4) is 0 Å². The molecular weight excluding hydrogens is 281 g/mol. The first-order valence-corrected chi connectivity index (χ1v) is 7.84. The zero-order valence-electron chi connectivity index (χ0n) is 11.6. The van der Waals surface area contributed by atoms with Crippen LogP contribution < -0.4 is 5.73 Å². The second kappa shape index (κ2) is 6.29. The highest BCUT2D eigenvalue weighted by atomic mass is 32.2. The molecule has 3 aromatic rings. The Morgan fingerprint density at radius 2 is 1.71 bits per heavy atom. The predicted molar refractivity (Wildman–Crippen MR) is 87.8 cm³/mol. The maximum Gasteiger partial charge on any atom is 0.127 e. The minimum absolute atomic E-state index is 0.225. The quantitative estimate of drug-likeness (QED) is 0.705. The van der Waals surface area contributed by atoms with Crippen molar-refractivity contribution in [2.75, 3.05) is 0 Å². The standard InChI is InChI=1S/C18H16FNS/c19-18-8-5-13(9-16(18)11-20)12-21-17-7-6-14-3-1-2-4-15(14)10-17/h1-10H,11-12,20H2.